The molecule has 0 amide bonds. The SMILES string of the molecule is CN1CCCC2(CC=CCC2)C1. The Morgan fingerprint density at radius 2 is 2.17 bits per heavy atom. The molecule has 1 heterocycles. The van der Waals surface area contributed by atoms with Gasteiger partial charge in [0.25, 0.3) is 0 Å². The summed E-state index contributed by atoms with van der Waals surface area (Å²) in [5, 5.41) is 0. The zero-order chi connectivity index (χ0) is 8.44. The van der Waals surface area contributed by atoms with E-state index in [0.717, 1.165) is 0 Å². The molecule has 0 bridgehead atoms. The number of rotatable bonds is 0. The average Bonchev–Trinajstić information content (AvgIpc) is 2.05. The van der Waals surface area contributed by atoms with Gasteiger partial charge in [0, 0.05) is 6.54 Å². The zero-order valence-electron chi connectivity index (χ0n) is 8.05. The summed E-state index contributed by atoms with van der Waals surface area (Å²) in [5.74, 6) is 0. The molecule has 1 spiro atoms. The lowest BCUT2D eigenvalue weighted by molar-refractivity contribution is 0.0983. The van der Waals surface area contributed by atoms with E-state index in [4.69, 9.17) is 0 Å². The van der Waals surface area contributed by atoms with Crippen molar-refractivity contribution < 1.29 is 0 Å². The highest BCUT2D eigenvalue weighted by atomic mass is 15.1. The van der Waals surface area contributed by atoms with E-state index in [1.165, 1.54) is 45.2 Å². The number of hydrogen-bond acceptors (Lipinski definition) is 1. The molecule has 1 atom stereocenters. The van der Waals surface area contributed by atoms with Gasteiger partial charge in [0.2, 0.25) is 0 Å². The highest BCUT2D eigenvalue weighted by Crippen LogP contribution is 2.40. The Balaban J connectivity index is 2.03. The van der Waals surface area contributed by atoms with Gasteiger partial charge in [-0.1, -0.05) is 12.2 Å². The summed E-state index contributed by atoms with van der Waals surface area (Å²) in [4.78, 5) is 2.50. The fourth-order valence-corrected chi connectivity index (χ4v) is 2.77. The lowest BCUT2D eigenvalue weighted by atomic mass is 9.72. The monoisotopic (exact) mass is 165 g/mol. The Bertz CT molecular complexity index is 185. The lowest BCUT2D eigenvalue weighted by Crippen LogP contribution is -2.41. The quantitative estimate of drug-likeness (QED) is 0.498. The number of nitrogens with zero attached hydrogens (tertiary/aromatic N) is 1. The van der Waals surface area contributed by atoms with Gasteiger partial charge in [0.1, 0.15) is 0 Å². The Labute approximate surface area is 75.4 Å². The maximum Gasteiger partial charge on any atom is 0.00380 e. The van der Waals surface area contributed by atoms with Crippen molar-refractivity contribution in [3.8, 4) is 0 Å². The molecule has 2 aliphatic rings. The first-order chi connectivity index (χ1) is 5.81. The molecular formula is C11H19N. The van der Waals surface area contributed by atoms with Gasteiger partial charge < -0.3 is 4.90 Å². The van der Waals surface area contributed by atoms with Gasteiger partial charge in [-0.25, -0.2) is 0 Å². The normalized spacial score (nSPS) is 37.4. The Kier molecular flexibility index (Phi) is 2.22. The van der Waals surface area contributed by atoms with Crippen molar-refractivity contribution in [1.82, 2.24) is 4.90 Å². The van der Waals surface area contributed by atoms with Crippen LogP contribution in [0.3, 0.4) is 0 Å². The molecule has 0 aromatic heterocycles. The second-order valence-corrected chi connectivity index (χ2v) is 4.56. The number of allylic oxidation sites excluding steroid dienone is 2. The fourth-order valence-electron chi connectivity index (χ4n) is 2.77. The minimum Gasteiger partial charge on any atom is -0.306 e. The molecule has 0 aromatic carbocycles. The van der Waals surface area contributed by atoms with Gasteiger partial charge >= 0.3 is 0 Å². The van der Waals surface area contributed by atoms with Crippen molar-refractivity contribution in [2.45, 2.75) is 32.1 Å². The van der Waals surface area contributed by atoms with Gasteiger partial charge in [-0.05, 0) is 51.1 Å². The highest BCUT2D eigenvalue weighted by molar-refractivity contribution is 5.00. The number of likely N-dealkylation sites (tertiary alicyclic amines) is 1. The molecule has 1 unspecified atom stereocenters. The fraction of sp³-hybridized carbons (Fsp3) is 0.818. The van der Waals surface area contributed by atoms with Crippen molar-refractivity contribution in [3.63, 3.8) is 0 Å². The van der Waals surface area contributed by atoms with Crippen LogP contribution in [-0.2, 0) is 0 Å². The Morgan fingerprint density at radius 1 is 1.25 bits per heavy atom. The van der Waals surface area contributed by atoms with E-state index in [-0.39, 0.29) is 0 Å². The zero-order valence-corrected chi connectivity index (χ0v) is 8.05. The minimum absolute atomic E-state index is 0.668. The lowest BCUT2D eigenvalue weighted by Gasteiger charge is -2.42. The van der Waals surface area contributed by atoms with E-state index in [9.17, 15) is 0 Å². The molecule has 1 heteroatoms. The van der Waals surface area contributed by atoms with Crippen molar-refractivity contribution in [2.75, 3.05) is 20.1 Å². The largest absolute Gasteiger partial charge is 0.306 e. The third-order valence-electron chi connectivity index (χ3n) is 3.41. The molecule has 0 N–H and O–H groups in total. The summed E-state index contributed by atoms with van der Waals surface area (Å²) in [5.41, 5.74) is 0.668. The first-order valence-corrected chi connectivity index (χ1v) is 5.14. The molecule has 1 aliphatic carbocycles. The molecule has 0 saturated carbocycles. The van der Waals surface area contributed by atoms with Gasteiger partial charge in [-0.3, -0.25) is 0 Å². The highest BCUT2D eigenvalue weighted by Gasteiger charge is 2.33. The standard InChI is InChI=1S/C11H19N/c1-12-9-5-8-11(10-12)6-3-2-4-7-11/h2-3H,4-10H2,1H3. The van der Waals surface area contributed by atoms with Gasteiger partial charge in [0.05, 0.1) is 0 Å². The van der Waals surface area contributed by atoms with E-state index in [0.29, 0.717) is 5.41 Å². The molecule has 1 aliphatic heterocycles. The molecule has 0 aromatic rings. The summed E-state index contributed by atoms with van der Waals surface area (Å²) in [6.07, 6.45) is 11.7. The van der Waals surface area contributed by atoms with Crippen LogP contribution >= 0.6 is 0 Å². The molecular weight excluding hydrogens is 146 g/mol. The van der Waals surface area contributed by atoms with E-state index in [1.54, 1.807) is 0 Å². The molecule has 1 saturated heterocycles. The van der Waals surface area contributed by atoms with Crippen LogP contribution in [0.5, 0.6) is 0 Å². The van der Waals surface area contributed by atoms with E-state index >= 15 is 0 Å². The van der Waals surface area contributed by atoms with E-state index in [2.05, 4.69) is 24.1 Å². The van der Waals surface area contributed by atoms with Crippen LogP contribution in [0.2, 0.25) is 0 Å². The summed E-state index contributed by atoms with van der Waals surface area (Å²) in [6.45, 7) is 2.64. The summed E-state index contributed by atoms with van der Waals surface area (Å²) in [7, 11) is 2.26. The van der Waals surface area contributed by atoms with E-state index in [1.807, 2.05) is 0 Å². The van der Waals surface area contributed by atoms with Crippen LogP contribution in [0.4, 0.5) is 0 Å². The van der Waals surface area contributed by atoms with Crippen molar-refractivity contribution >= 4 is 0 Å². The summed E-state index contributed by atoms with van der Waals surface area (Å²) >= 11 is 0. The summed E-state index contributed by atoms with van der Waals surface area (Å²) < 4.78 is 0. The van der Waals surface area contributed by atoms with Gasteiger partial charge in [-0.2, -0.15) is 0 Å². The van der Waals surface area contributed by atoms with Crippen LogP contribution in [0.1, 0.15) is 32.1 Å². The predicted octanol–water partition coefficient (Wildman–Crippen LogP) is 2.44. The van der Waals surface area contributed by atoms with Crippen LogP contribution in [-0.4, -0.2) is 25.0 Å². The first-order valence-electron chi connectivity index (χ1n) is 5.14. The second-order valence-electron chi connectivity index (χ2n) is 4.56. The van der Waals surface area contributed by atoms with Crippen molar-refractivity contribution in [2.24, 2.45) is 5.41 Å². The second kappa shape index (κ2) is 3.21. The van der Waals surface area contributed by atoms with Crippen LogP contribution in [0.25, 0.3) is 0 Å². The van der Waals surface area contributed by atoms with Crippen LogP contribution in [0.15, 0.2) is 12.2 Å². The van der Waals surface area contributed by atoms with Crippen LogP contribution < -0.4 is 0 Å². The third-order valence-corrected chi connectivity index (χ3v) is 3.41. The van der Waals surface area contributed by atoms with Crippen LogP contribution in [0, 0.1) is 5.41 Å². The summed E-state index contributed by atoms with van der Waals surface area (Å²) in [6, 6.07) is 0. The first kappa shape index (κ1) is 8.31. The number of piperidine rings is 1. The molecule has 1 nitrogen and oxygen atoms in total. The Morgan fingerprint density at radius 3 is 2.83 bits per heavy atom. The van der Waals surface area contributed by atoms with Gasteiger partial charge in [0.15, 0.2) is 0 Å². The van der Waals surface area contributed by atoms with Crippen molar-refractivity contribution in [1.29, 1.82) is 0 Å². The topological polar surface area (TPSA) is 3.24 Å². The predicted molar refractivity (Wildman–Crippen MR) is 52.2 cm³/mol. The number of hydrogen-bond donors (Lipinski definition) is 0. The third kappa shape index (κ3) is 1.56. The minimum atomic E-state index is 0.668. The average molecular weight is 165 g/mol. The molecule has 12 heavy (non-hydrogen) atoms. The van der Waals surface area contributed by atoms with Gasteiger partial charge in [-0.15, -0.1) is 0 Å². The smallest absolute Gasteiger partial charge is 0.00380 e. The maximum absolute atomic E-state index is 2.50. The van der Waals surface area contributed by atoms with Crippen molar-refractivity contribution in [3.05, 3.63) is 12.2 Å². The maximum atomic E-state index is 2.50. The molecule has 2 rings (SSSR count). The molecule has 1 fully saturated rings. The molecule has 0 radical (unpaired) electrons. The van der Waals surface area contributed by atoms with E-state index < -0.39 is 0 Å². The Hall–Kier alpha value is -0.300. The molecule has 68 valence electrons.